The highest BCUT2D eigenvalue weighted by atomic mass is 32.1. The molecule has 16 heavy (non-hydrogen) atoms. The van der Waals surface area contributed by atoms with Crippen LogP contribution in [0.2, 0.25) is 0 Å². The number of ether oxygens (including phenoxy) is 1. The Labute approximate surface area is 97.7 Å². The van der Waals surface area contributed by atoms with E-state index in [1.165, 1.54) is 18.4 Å². The maximum atomic E-state index is 11.3. The molecule has 0 amide bonds. The Kier molecular flexibility index (Phi) is 3.01. The summed E-state index contributed by atoms with van der Waals surface area (Å²) in [6, 6.07) is 7.95. The van der Waals surface area contributed by atoms with Crippen molar-refractivity contribution in [1.82, 2.24) is 4.98 Å². The van der Waals surface area contributed by atoms with Gasteiger partial charge in [0.2, 0.25) is 5.01 Å². The first-order valence-electron chi connectivity index (χ1n) is 4.82. The Bertz CT molecular complexity index is 519. The SMILES string of the molecule is COC(=O)c1nc(-c2ccccc2C)cs1. The van der Waals surface area contributed by atoms with Gasteiger partial charge < -0.3 is 4.74 Å². The first-order chi connectivity index (χ1) is 7.72. The minimum absolute atomic E-state index is 0.384. The molecule has 0 aliphatic carbocycles. The van der Waals surface area contributed by atoms with E-state index in [0.717, 1.165) is 16.8 Å². The molecule has 1 heterocycles. The van der Waals surface area contributed by atoms with Gasteiger partial charge in [0.15, 0.2) is 0 Å². The van der Waals surface area contributed by atoms with Crippen molar-refractivity contribution >= 4 is 17.3 Å². The van der Waals surface area contributed by atoms with Crippen molar-refractivity contribution < 1.29 is 9.53 Å². The van der Waals surface area contributed by atoms with Crippen LogP contribution < -0.4 is 0 Å². The summed E-state index contributed by atoms with van der Waals surface area (Å²) >= 11 is 1.30. The summed E-state index contributed by atoms with van der Waals surface area (Å²) in [5.74, 6) is -0.384. The summed E-state index contributed by atoms with van der Waals surface area (Å²) in [5, 5.41) is 2.26. The van der Waals surface area contributed by atoms with Gasteiger partial charge in [-0.15, -0.1) is 11.3 Å². The molecule has 0 unspecified atom stereocenters. The number of hydrogen-bond donors (Lipinski definition) is 0. The second kappa shape index (κ2) is 4.45. The van der Waals surface area contributed by atoms with E-state index in [1.807, 2.05) is 36.6 Å². The van der Waals surface area contributed by atoms with Crippen LogP contribution in [0.15, 0.2) is 29.6 Å². The van der Waals surface area contributed by atoms with Crippen molar-refractivity contribution in [3.8, 4) is 11.3 Å². The summed E-state index contributed by atoms with van der Waals surface area (Å²) < 4.78 is 4.62. The number of aryl methyl sites for hydroxylation is 1. The Morgan fingerprint density at radius 3 is 2.81 bits per heavy atom. The molecule has 0 radical (unpaired) electrons. The van der Waals surface area contributed by atoms with Crippen LogP contribution in [0, 0.1) is 6.92 Å². The van der Waals surface area contributed by atoms with Gasteiger partial charge in [0.05, 0.1) is 12.8 Å². The number of carbonyl (C=O) groups is 1. The lowest BCUT2D eigenvalue weighted by atomic mass is 10.1. The number of methoxy groups -OCH3 is 1. The molecule has 0 aliphatic rings. The monoisotopic (exact) mass is 233 g/mol. The van der Waals surface area contributed by atoms with Gasteiger partial charge in [0.25, 0.3) is 0 Å². The van der Waals surface area contributed by atoms with Gasteiger partial charge in [-0.25, -0.2) is 9.78 Å². The summed E-state index contributed by atoms with van der Waals surface area (Å²) in [7, 11) is 1.36. The lowest BCUT2D eigenvalue weighted by molar-refractivity contribution is 0.0600. The zero-order chi connectivity index (χ0) is 11.5. The number of rotatable bonds is 2. The highest BCUT2D eigenvalue weighted by Crippen LogP contribution is 2.24. The molecule has 0 N–H and O–H groups in total. The van der Waals surface area contributed by atoms with E-state index in [2.05, 4.69) is 9.72 Å². The van der Waals surface area contributed by atoms with Crippen LogP contribution >= 0.6 is 11.3 Å². The topological polar surface area (TPSA) is 39.2 Å². The number of benzene rings is 1. The first-order valence-corrected chi connectivity index (χ1v) is 5.70. The van der Waals surface area contributed by atoms with Gasteiger partial charge in [0.1, 0.15) is 0 Å². The minimum atomic E-state index is -0.384. The molecule has 3 nitrogen and oxygen atoms in total. The predicted octanol–water partition coefficient (Wildman–Crippen LogP) is 2.91. The van der Waals surface area contributed by atoms with Crippen molar-refractivity contribution in [2.24, 2.45) is 0 Å². The highest BCUT2D eigenvalue weighted by molar-refractivity contribution is 7.11. The van der Waals surface area contributed by atoms with Gasteiger partial charge in [-0.2, -0.15) is 0 Å². The molecular formula is C12H11NO2S. The van der Waals surface area contributed by atoms with E-state index in [0.29, 0.717) is 5.01 Å². The lowest BCUT2D eigenvalue weighted by Crippen LogP contribution is -1.99. The Hall–Kier alpha value is -1.68. The molecule has 0 saturated carbocycles. The molecule has 0 atom stereocenters. The molecule has 1 aromatic carbocycles. The molecule has 0 spiro atoms. The fourth-order valence-electron chi connectivity index (χ4n) is 1.44. The third-order valence-electron chi connectivity index (χ3n) is 2.29. The number of nitrogens with zero attached hydrogens (tertiary/aromatic N) is 1. The highest BCUT2D eigenvalue weighted by Gasteiger charge is 2.12. The average molecular weight is 233 g/mol. The second-order valence-electron chi connectivity index (χ2n) is 3.34. The van der Waals surface area contributed by atoms with Crippen LogP contribution in [0.4, 0.5) is 0 Å². The van der Waals surface area contributed by atoms with Crippen molar-refractivity contribution in [3.05, 3.63) is 40.2 Å². The number of hydrogen-bond acceptors (Lipinski definition) is 4. The summed E-state index contributed by atoms with van der Waals surface area (Å²) in [6.45, 7) is 2.02. The standard InChI is InChI=1S/C12H11NO2S/c1-8-5-3-4-6-9(8)10-7-16-11(13-10)12(14)15-2/h3-7H,1-2H3. The zero-order valence-electron chi connectivity index (χ0n) is 9.06. The van der Waals surface area contributed by atoms with Crippen LogP contribution in [-0.2, 0) is 4.74 Å². The van der Waals surface area contributed by atoms with E-state index in [4.69, 9.17) is 0 Å². The molecule has 0 aliphatic heterocycles. The summed E-state index contributed by atoms with van der Waals surface area (Å²) in [4.78, 5) is 15.5. The van der Waals surface area contributed by atoms with Crippen LogP contribution in [0.5, 0.6) is 0 Å². The largest absolute Gasteiger partial charge is 0.464 e. The minimum Gasteiger partial charge on any atom is -0.464 e. The summed E-state index contributed by atoms with van der Waals surface area (Å²) in [6.07, 6.45) is 0. The molecule has 1 aromatic heterocycles. The summed E-state index contributed by atoms with van der Waals surface area (Å²) in [5.41, 5.74) is 3.02. The zero-order valence-corrected chi connectivity index (χ0v) is 9.88. The number of esters is 1. The van der Waals surface area contributed by atoms with Crippen molar-refractivity contribution in [2.45, 2.75) is 6.92 Å². The fourth-order valence-corrected chi connectivity index (χ4v) is 2.17. The average Bonchev–Trinajstić information content (AvgIpc) is 2.78. The van der Waals surface area contributed by atoms with E-state index < -0.39 is 0 Å². The van der Waals surface area contributed by atoms with Crippen molar-refractivity contribution in [3.63, 3.8) is 0 Å². The smallest absolute Gasteiger partial charge is 0.367 e. The normalized spacial score (nSPS) is 10.1. The van der Waals surface area contributed by atoms with E-state index >= 15 is 0 Å². The van der Waals surface area contributed by atoms with E-state index in [9.17, 15) is 4.79 Å². The van der Waals surface area contributed by atoms with Gasteiger partial charge in [-0.3, -0.25) is 0 Å². The Morgan fingerprint density at radius 1 is 1.38 bits per heavy atom. The quantitative estimate of drug-likeness (QED) is 0.749. The molecule has 0 fully saturated rings. The number of carbonyl (C=O) groups excluding carboxylic acids is 1. The number of thiazole rings is 1. The molecule has 2 rings (SSSR count). The van der Waals surface area contributed by atoms with Crippen LogP contribution in [0.1, 0.15) is 15.4 Å². The maximum absolute atomic E-state index is 11.3. The van der Waals surface area contributed by atoms with Crippen molar-refractivity contribution in [1.29, 1.82) is 0 Å². The lowest BCUT2D eigenvalue weighted by Gasteiger charge is -2.00. The van der Waals surface area contributed by atoms with Gasteiger partial charge in [-0.1, -0.05) is 24.3 Å². The molecule has 0 bridgehead atoms. The Morgan fingerprint density at radius 2 is 2.12 bits per heavy atom. The van der Waals surface area contributed by atoms with E-state index in [-0.39, 0.29) is 5.97 Å². The Balaban J connectivity index is 2.39. The fraction of sp³-hybridized carbons (Fsp3) is 0.167. The third kappa shape index (κ3) is 1.97. The van der Waals surface area contributed by atoms with E-state index in [1.54, 1.807) is 0 Å². The first kappa shape index (κ1) is 10.8. The molecule has 4 heteroatoms. The molecule has 82 valence electrons. The molecule has 2 aromatic rings. The van der Waals surface area contributed by atoms with Gasteiger partial charge in [0, 0.05) is 10.9 Å². The van der Waals surface area contributed by atoms with Crippen LogP contribution in [-0.4, -0.2) is 18.1 Å². The predicted molar refractivity (Wildman–Crippen MR) is 63.6 cm³/mol. The molecular weight excluding hydrogens is 222 g/mol. The number of aromatic nitrogens is 1. The third-order valence-corrected chi connectivity index (χ3v) is 3.11. The molecule has 0 saturated heterocycles. The second-order valence-corrected chi connectivity index (χ2v) is 4.20. The van der Waals surface area contributed by atoms with Crippen LogP contribution in [0.3, 0.4) is 0 Å². The van der Waals surface area contributed by atoms with Gasteiger partial charge in [-0.05, 0) is 12.5 Å². The van der Waals surface area contributed by atoms with Gasteiger partial charge >= 0.3 is 5.97 Å². The maximum Gasteiger partial charge on any atom is 0.367 e. The van der Waals surface area contributed by atoms with Crippen LogP contribution in [0.25, 0.3) is 11.3 Å². The van der Waals surface area contributed by atoms with Crippen molar-refractivity contribution in [2.75, 3.05) is 7.11 Å².